The topological polar surface area (TPSA) is 61.4 Å². The highest BCUT2D eigenvalue weighted by molar-refractivity contribution is 6.07. The Morgan fingerprint density at radius 1 is 1.40 bits per heavy atom. The second kappa shape index (κ2) is 4.18. The van der Waals surface area contributed by atoms with Crippen LogP contribution in [-0.2, 0) is 4.79 Å². The van der Waals surface area contributed by atoms with Gasteiger partial charge in [0.25, 0.3) is 5.91 Å². The monoisotopic (exact) mass is 213 g/mol. The molecule has 0 bridgehead atoms. The van der Waals surface area contributed by atoms with Crippen LogP contribution in [0.4, 0.5) is 4.79 Å². The summed E-state index contributed by atoms with van der Waals surface area (Å²) in [6.45, 7) is 4.66. The molecule has 0 aromatic rings. The van der Waals surface area contributed by atoms with Crippen molar-refractivity contribution in [3.8, 4) is 0 Å². The van der Waals surface area contributed by atoms with Crippen molar-refractivity contribution in [2.24, 2.45) is 5.92 Å². The number of nitrogens with zero attached hydrogens (tertiary/aromatic N) is 1. The molecule has 3 amide bonds. The quantitative estimate of drug-likeness (QED) is 0.654. The molecule has 1 rings (SSSR count). The number of hydrogen-bond donors (Lipinski definition) is 2. The van der Waals surface area contributed by atoms with Gasteiger partial charge in [0.05, 0.1) is 0 Å². The Kier molecular flexibility index (Phi) is 3.34. The number of carbonyl (C=O) groups is 2. The molecule has 15 heavy (non-hydrogen) atoms. The van der Waals surface area contributed by atoms with E-state index in [1.807, 2.05) is 32.8 Å². The minimum atomic E-state index is -0.735. The third-order valence-electron chi connectivity index (χ3n) is 3.01. The highest BCUT2D eigenvalue weighted by Crippen LogP contribution is 2.25. The summed E-state index contributed by atoms with van der Waals surface area (Å²) in [5, 5.41) is 5.05. The Morgan fingerprint density at radius 2 is 2.00 bits per heavy atom. The molecule has 2 N–H and O–H groups in total. The van der Waals surface area contributed by atoms with Gasteiger partial charge in [0, 0.05) is 12.5 Å². The summed E-state index contributed by atoms with van der Waals surface area (Å²) in [4.78, 5) is 24.9. The van der Waals surface area contributed by atoms with Crippen molar-refractivity contribution >= 4 is 11.9 Å². The highest BCUT2D eigenvalue weighted by Gasteiger charge is 2.48. The van der Waals surface area contributed by atoms with Gasteiger partial charge in [-0.1, -0.05) is 13.8 Å². The predicted octanol–water partition coefficient (Wildman–Crippen LogP) is 0.172. The van der Waals surface area contributed by atoms with Crippen LogP contribution in [0.5, 0.6) is 0 Å². The Morgan fingerprint density at radius 3 is 2.33 bits per heavy atom. The minimum Gasteiger partial charge on any atom is -0.323 e. The zero-order valence-electron chi connectivity index (χ0n) is 9.76. The van der Waals surface area contributed by atoms with E-state index in [9.17, 15) is 9.59 Å². The molecule has 86 valence electrons. The third-order valence-corrected chi connectivity index (χ3v) is 3.01. The van der Waals surface area contributed by atoms with E-state index in [0.717, 1.165) is 6.54 Å². The summed E-state index contributed by atoms with van der Waals surface area (Å²) < 4.78 is 0. The van der Waals surface area contributed by atoms with Gasteiger partial charge >= 0.3 is 6.03 Å². The predicted molar refractivity (Wildman–Crippen MR) is 57.4 cm³/mol. The molecule has 0 aromatic heterocycles. The number of nitrogens with one attached hydrogen (secondary N) is 2. The summed E-state index contributed by atoms with van der Waals surface area (Å²) >= 11 is 0. The molecule has 5 nitrogen and oxygen atoms in total. The van der Waals surface area contributed by atoms with Crippen molar-refractivity contribution in [3.63, 3.8) is 0 Å². The molecule has 0 radical (unpaired) electrons. The molecular weight excluding hydrogens is 194 g/mol. The van der Waals surface area contributed by atoms with E-state index in [2.05, 4.69) is 10.6 Å². The molecule has 1 fully saturated rings. The first-order valence-corrected chi connectivity index (χ1v) is 5.20. The van der Waals surface area contributed by atoms with Crippen molar-refractivity contribution in [3.05, 3.63) is 0 Å². The molecule has 1 aliphatic heterocycles. The molecule has 0 saturated carbocycles. The van der Waals surface area contributed by atoms with Gasteiger partial charge in [-0.3, -0.25) is 10.1 Å². The van der Waals surface area contributed by atoms with Gasteiger partial charge in [-0.05, 0) is 20.5 Å². The van der Waals surface area contributed by atoms with Gasteiger partial charge in [-0.2, -0.15) is 0 Å². The van der Waals surface area contributed by atoms with Crippen LogP contribution in [0.3, 0.4) is 0 Å². The van der Waals surface area contributed by atoms with Gasteiger partial charge in [-0.15, -0.1) is 0 Å². The third kappa shape index (κ3) is 2.12. The summed E-state index contributed by atoms with van der Waals surface area (Å²) in [5.41, 5.74) is -0.735. The van der Waals surface area contributed by atoms with Crippen molar-refractivity contribution in [2.75, 3.05) is 20.6 Å². The fourth-order valence-corrected chi connectivity index (χ4v) is 2.15. The Labute approximate surface area is 90.2 Å². The van der Waals surface area contributed by atoms with Crippen molar-refractivity contribution in [2.45, 2.75) is 25.8 Å². The second-order valence-corrected chi connectivity index (χ2v) is 4.40. The van der Waals surface area contributed by atoms with E-state index in [1.54, 1.807) is 0 Å². The standard InChI is InChI=1S/C10H19N3O2/c1-5-10(7(2)6-13(3)4)8(14)11-9(15)12-10/h7H,5-6H2,1-4H3,(H2,11,12,14,15). The minimum absolute atomic E-state index is 0.0870. The van der Waals surface area contributed by atoms with E-state index < -0.39 is 5.54 Å². The normalized spacial score (nSPS) is 27.8. The first-order chi connectivity index (χ1) is 6.92. The number of imide groups is 1. The van der Waals surface area contributed by atoms with Crippen LogP contribution in [0.15, 0.2) is 0 Å². The van der Waals surface area contributed by atoms with Gasteiger partial charge in [0.15, 0.2) is 0 Å². The largest absolute Gasteiger partial charge is 0.323 e. The van der Waals surface area contributed by atoms with Gasteiger partial charge in [-0.25, -0.2) is 4.79 Å². The summed E-state index contributed by atoms with van der Waals surface area (Å²) in [6.07, 6.45) is 0.611. The van der Waals surface area contributed by atoms with E-state index in [1.165, 1.54) is 0 Å². The van der Waals surface area contributed by atoms with E-state index in [4.69, 9.17) is 0 Å². The van der Waals surface area contributed by atoms with E-state index in [0.29, 0.717) is 6.42 Å². The maximum atomic E-state index is 11.7. The lowest BCUT2D eigenvalue weighted by atomic mass is 9.82. The van der Waals surface area contributed by atoms with Crippen LogP contribution < -0.4 is 10.6 Å². The Bertz CT molecular complexity index is 278. The number of rotatable bonds is 4. The van der Waals surface area contributed by atoms with Crippen molar-refractivity contribution in [1.82, 2.24) is 15.5 Å². The van der Waals surface area contributed by atoms with Gasteiger partial charge < -0.3 is 10.2 Å². The smallest absolute Gasteiger partial charge is 0.322 e. The maximum Gasteiger partial charge on any atom is 0.322 e. The zero-order valence-corrected chi connectivity index (χ0v) is 9.76. The van der Waals surface area contributed by atoms with Gasteiger partial charge in [0.2, 0.25) is 0 Å². The summed E-state index contributed by atoms with van der Waals surface area (Å²) in [5.74, 6) is -0.117. The average Bonchev–Trinajstić information content (AvgIpc) is 2.40. The van der Waals surface area contributed by atoms with Crippen LogP contribution in [0.25, 0.3) is 0 Å². The number of amides is 3. The molecule has 1 aliphatic rings. The van der Waals surface area contributed by atoms with Crippen LogP contribution in [-0.4, -0.2) is 43.0 Å². The maximum absolute atomic E-state index is 11.7. The van der Waals surface area contributed by atoms with Gasteiger partial charge in [0.1, 0.15) is 5.54 Å². The number of carbonyl (C=O) groups excluding carboxylic acids is 2. The zero-order chi connectivity index (χ0) is 11.6. The fourth-order valence-electron chi connectivity index (χ4n) is 2.15. The van der Waals surface area contributed by atoms with Crippen LogP contribution in [0.1, 0.15) is 20.3 Å². The SMILES string of the molecule is CCC1(C(C)CN(C)C)NC(=O)NC1=O. The fraction of sp³-hybridized carbons (Fsp3) is 0.800. The molecule has 1 saturated heterocycles. The molecule has 0 aliphatic carbocycles. The van der Waals surface area contributed by atoms with Crippen LogP contribution in [0, 0.1) is 5.92 Å². The average molecular weight is 213 g/mol. The van der Waals surface area contributed by atoms with Crippen molar-refractivity contribution < 1.29 is 9.59 Å². The molecule has 1 heterocycles. The second-order valence-electron chi connectivity index (χ2n) is 4.40. The molecule has 0 aromatic carbocycles. The number of urea groups is 1. The lowest BCUT2D eigenvalue weighted by molar-refractivity contribution is -0.126. The first-order valence-electron chi connectivity index (χ1n) is 5.20. The lowest BCUT2D eigenvalue weighted by Crippen LogP contribution is -2.54. The van der Waals surface area contributed by atoms with Crippen LogP contribution >= 0.6 is 0 Å². The van der Waals surface area contributed by atoms with Crippen molar-refractivity contribution in [1.29, 1.82) is 0 Å². The molecule has 2 unspecified atom stereocenters. The Balaban J connectivity index is 2.85. The Hall–Kier alpha value is -1.10. The molecule has 0 spiro atoms. The highest BCUT2D eigenvalue weighted by atomic mass is 16.2. The molecular formula is C10H19N3O2. The number of hydrogen-bond acceptors (Lipinski definition) is 3. The first kappa shape index (κ1) is 12.0. The summed E-state index contributed by atoms with van der Waals surface area (Å²) in [7, 11) is 3.91. The lowest BCUT2D eigenvalue weighted by Gasteiger charge is -2.33. The summed E-state index contributed by atoms with van der Waals surface area (Å²) in [6, 6.07) is -0.382. The molecule has 5 heteroatoms. The van der Waals surface area contributed by atoms with E-state index >= 15 is 0 Å². The molecule has 2 atom stereocenters. The van der Waals surface area contributed by atoms with E-state index in [-0.39, 0.29) is 17.9 Å². The van der Waals surface area contributed by atoms with Crippen LogP contribution in [0.2, 0.25) is 0 Å².